The van der Waals surface area contributed by atoms with E-state index in [9.17, 15) is 0 Å². The summed E-state index contributed by atoms with van der Waals surface area (Å²) in [6.45, 7) is 0. The monoisotopic (exact) mass is 195 g/mol. The standard InChI is InChI=1S/N3.3V/c1-3-2;;;/q-1;;;. The van der Waals surface area contributed by atoms with Crippen LogP contribution in [-0.2, 0) is 55.7 Å². The average Bonchev–Trinajstić information content (AvgIpc) is 0.918. The molecule has 0 saturated heterocycles. The molecule has 0 atom stereocenters. The van der Waals surface area contributed by atoms with Crippen LogP contribution in [-0.4, -0.2) is 0 Å². The third kappa shape index (κ3) is 73.9. The molecule has 0 rings (SSSR count). The van der Waals surface area contributed by atoms with Gasteiger partial charge in [-0.25, -0.2) is 0 Å². The van der Waals surface area contributed by atoms with Gasteiger partial charge in [0.25, 0.3) is 0 Å². The average molecular weight is 195 g/mol. The van der Waals surface area contributed by atoms with Crippen molar-refractivity contribution in [1.82, 2.24) is 0 Å². The molecule has 3 radical (unpaired) electrons. The van der Waals surface area contributed by atoms with E-state index in [4.69, 9.17) is 11.1 Å². The molecule has 0 fully saturated rings. The van der Waals surface area contributed by atoms with E-state index in [0.717, 1.165) is 0 Å². The van der Waals surface area contributed by atoms with E-state index < -0.39 is 0 Å². The number of rotatable bonds is 0. The van der Waals surface area contributed by atoms with E-state index >= 15 is 0 Å². The summed E-state index contributed by atoms with van der Waals surface area (Å²) in [7, 11) is 0. The molecule has 0 aliphatic heterocycles. The molecule has 0 spiro atoms. The van der Waals surface area contributed by atoms with Crippen LogP contribution in [0.1, 0.15) is 0 Å². The Morgan fingerprint density at radius 2 is 0.833 bits per heavy atom. The molecular formula is N3V3-. The molecule has 0 saturated carbocycles. The van der Waals surface area contributed by atoms with Gasteiger partial charge in [0.15, 0.2) is 0 Å². The van der Waals surface area contributed by atoms with Crippen LogP contribution in [0.15, 0.2) is 0 Å². The normalized spacial score (nSPS) is 1.33. The Morgan fingerprint density at radius 1 is 0.833 bits per heavy atom. The number of hydrogen-bond acceptors (Lipinski definition) is 0. The van der Waals surface area contributed by atoms with E-state index in [2.05, 4.69) is 0 Å². The Hall–Kier alpha value is 1.06. The molecule has 0 unspecified atom stereocenters. The molecule has 0 bridgehead atoms. The SMILES string of the molecule is [N-]=[N+]=[N-].[V].[V].[V]. The molecule has 0 heterocycles. The second kappa shape index (κ2) is 36.5. The Balaban J connectivity index is -0.00000000667. The fourth-order valence-corrected chi connectivity index (χ4v) is 0. The van der Waals surface area contributed by atoms with Gasteiger partial charge in [-0.2, -0.15) is 0 Å². The largest absolute Gasteiger partial charge is 0.373 e. The van der Waals surface area contributed by atoms with E-state index in [1.165, 1.54) is 4.91 Å². The summed E-state index contributed by atoms with van der Waals surface area (Å²) in [5, 5.41) is 0. The Kier molecular flexibility index (Phi) is 168. The first kappa shape index (κ1) is 27.7. The van der Waals surface area contributed by atoms with Crippen molar-refractivity contribution in [1.29, 1.82) is 0 Å². The van der Waals surface area contributed by atoms with Crippen LogP contribution in [0, 0.1) is 0 Å². The van der Waals surface area contributed by atoms with Crippen LogP contribution < -0.4 is 0 Å². The molecule has 0 amide bonds. The molecule has 0 aliphatic rings. The van der Waals surface area contributed by atoms with Crippen LogP contribution in [0.3, 0.4) is 0 Å². The minimum absolute atomic E-state index is 0. The zero-order chi connectivity index (χ0) is 2.71. The Morgan fingerprint density at radius 3 is 0.833 bits per heavy atom. The minimum Gasteiger partial charge on any atom is -0.373 e. The van der Waals surface area contributed by atoms with Crippen LogP contribution >= 0.6 is 0 Å². The zero-order valence-corrected chi connectivity index (χ0v) is 6.87. The summed E-state index contributed by atoms with van der Waals surface area (Å²) in [6, 6.07) is 0. The van der Waals surface area contributed by atoms with Crippen molar-refractivity contribution in [2.75, 3.05) is 0 Å². The van der Waals surface area contributed by atoms with Crippen molar-refractivity contribution in [3.05, 3.63) is 16.0 Å². The summed E-state index contributed by atoms with van der Waals surface area (Å²) in [5.41, 5.74) is 13.5. The van der Waals surface area contributed by atoms with Gasteiger partial charge in [-0.3, -0.25) is 4.91 Å². The predicted molar refractivity (Wildman–Crippen MR) is 10.1 cm³/mol. The summed E-state index contributed by atoms with van der Waals surface area (Å²) < 4.78 is 0. The number of nitrogens with zero attached hydrogens (tertiary/aromatic N) is 3. The molecule has 31 valence electrons. The summed E-state index contributed by atoms with van der Waals surface area (Å²) in [6.07, 6.45) is 0. The molecule has 0 aromatic heterocycles. The van der Waals surface area contributed by atoms with E-state index in [1.807, 2.05) is 0 Å². The Labute approximate surface area is 71.3 Å². The molecule has 0 aliphatic carbocycles. The van der Waals surface area contributed by atoms with Crippen LogP contribution in [0.25, 0.3) is 16.0 Å². The van der Waals surface area contributed by atoms with Gasteiger partial charge in [-0.15, -0.1) is 0 Å². The van der Waals surface area contributed by atoms with Gasteiger partial charge >= 0.3 is 0 Å². The van der Waals surface area contributed by atoms with Crippen molar-refractivity contribution in [2.24, 2.45) is 0 Å². The zero-order valence-electron chi connectivity index (χ0n) is 2.68. The first-order valence-electron chi connectivity index (χ1n) is 0.400. The molecule has 0 aromatic carbocycles. The van der Waals surface area contributed by atoms with E-state index in [1.54, 1.807) is 0 Å². The van der Waals surface area contributed by atoms with Gasteiger partial charge in [-0.1, -0.05) is 0 Å². The van der Waals surface area contributed by atoms with Gasteiger partial charge in [-0.05, 0) is 0 Å². The molecule has 6 heavy (non-hydrogen) atoms. The van der Waals surface area contributed by atoms with Crippen molar-refractivity contribution >= 4 is 0 Å². The van der Waals surface area contributed by atoms with Crippen molar-refractivity contribution in [3.8, 4) is 0 Å². The van der Waals surface area contributed by atoms with Gasteiger partial charge < -0.3 is 11.1 Å². The molecule has 3 nitrogen and oxygen atoms in total. The van der Waals surface area contributed by atoms with Crippen molar-refractivity contribution < 1.29 is 55.7 Å². The first-order valence-corrected chi connectivity index (χ1v) is 0.400. The van der Waals surface area contributed by atoms with Gasteiger partial charge in [0.2, 0.25) is 0 Å². The molecule has 0 aromatic rings. The third-order valence-electron chi connectivity index (χ3n) is 0. The minimum atomic E-state index is 0. The first-order chi connectivity index (χ1) is 1.41. The predicted octanol–water partition coefficient (Wildman–Crippen LogP) is 0.859. The van der Waals surface area contributed by atoms with Gasteiger partial charge in [0, 0.05) is 55.7 Å². The maximum absolute atomic E-state index is 6.75. The topological polar surface area (TPSA) is 58.7 Å². The summed E-state index contributed by atoms with van der Waals surface area (Å²) in [4.78, 5) is 1.50. The molecular weight excluding hydrogens is 195 g/mol. The fraction of sp³-hybridized carbons (Fsp3) is 0. The fourth-order valence-electron chi connectivity index (χ4n) is 0. The smallest absolute Gasteiger partial charge is 0 e. The molecule has 0 N–H and O–H groups in total. The van der Waals surface area contributed by atoms with Crippen molar-refractivity contribution in [2.45, 2.75) is 0 Å². The van der Waals surface area contributed by atoms with Crippen LogP contribution in [0.4, 0.5) is 0 Å². The van der Waals surface area contributed by atoms with E-state index in [-0.39, 0.29) is 55.7 Å². The quantitative estimate of drug-likeness (QED) is 0.312. The maximum Gasteiger partial charge on any atom is 0 e. The summed E-state index contributed by atoms with van der Waals surface area (Å²) >= 11 is 0. The third-order valence-corrected chi connectivity index (χ3v) is 0. The second-order valence-corrected chi connectivity index (χ2v) is 0.0894. The Bertz CT molecular complexity index is 27.0. The van der Waals surface area contributed by atoms with Crippen LogP contribution in [0.5, 0.6) is 0 Å². The van der Waals surface area contributed by atoms with Gasteiger partial charge in [0.05, 0.1) is 0 Å². The van der Waals surface area contributed by atoms with Crippen LogP contribution in [0.2, 0.25) is 0 Å². The van der Waals surface area contributed by atoms with Crippen molar-refractivity contribution in [3.63, 3.8) is 0 Å². The second-order valence-electron chi connectivity index (χ2n) is 0.0894. The number of hydrogen-bond donors (Lipinski definition) is 0. The van der Waals surface area contributed by atoms with Gasteiger partial charge in [0.1, 0.15) is 0 Å². The summed E-state index contributed by atoms with van der Waals surface area (Å²) in [5.74, 6) is 0. The maximum atomic E-state index is 6.75. The van der Waals surface area contributed by atoms with E-state index in [0.29, 0.717) is 0 Å². The molecule has 6 heteroatoms.